The van der Waals surface area contributed by atoms with E-state index in [1.54, 1.807) is 91.0 Å². The standard InChI is InChI=1S/C27H24O9/c28-25(18-10-4-1-5-11-18)32-17-22-24(35-27(30)20-14-8-3-9-15-20)21(16-23(33-22)36-31)34-26(29)19-12-6-2-7-13-19/h1-15,21-24,31H,16-17H2/t21-,22-,23-,24-/m1/s1. The van der Waals surface area contributed by atoms with Crippen LogP contribution in [0.15, 0.2) is 91.0 Å². The third-order valence-corrected chi connectivity index (χ3v) is 5.51. The average molecular weight is 492 g/mol. The van der Waals surface area contributed by atoms with E-state index in [-0.39, 0.29) is 24.2 Å². The summed E-state index contributed by atoms with van der Waals surface area (Å²) in [5.41, 5.74) is 0.866. The number of carbonyl (C=O) groups is 3. The second kappa shape index (κ2) is 12.1. The molecular formula is C27H24O9. The molecule has 36 heavy (non-hydrogen) atoms. The Bertz CT molecular complexity index is 1150. The van der Waals surface area contributed by atoms with Crippen molar-refractivity contribution >= 4 is 17.9 Å². The SMILES string of the molecule is O=C(OC[C@H]1O[C@H](OO)C[C@@H](OC(=O)c2ccccc2)[C@H]1OC(=O)c1ccccc1)c1ccccc1. The van der Waals surface area contributed by atoms with Crippen LogP contribution in [0.2, 0.25) is 0 Å². The van der Waals surface area contributed by atoms with Gasteiger partial charge < -0.3 is 18.9 Å². The van der Waals surface area contributed by atoms with Crippen molar-refractivity contribution in [2.24, 2.45) is 0 Å². The summed E-state index contributed by atoms with van der Waals surface area (Å²) in [4.78, 5) is 42.5. The summed E-state index contributed by atoms with van der Waals surface area (Å²) in [5.74, 6) is -1.98. The summed E-state index contributed by atoms with van der Waals surface area (Å²) in [5, 5.41) is 9.30. The molecule has 0 aliphatic carbocycles. The molecule has 0 amide bonds. The van der Waals surface area contributed by atoms with E-state index in [2.05, 4.69) is 4.89 Å². The predicted octanol–water partition coefficient (Wildman–Crippen LogP) is 3.90. The smallest absolute Gasteiger partial charge is 0.338 e. The molecule has 0 spiro atoms. The quantitative estimate of drug-likeness (QED) is 0.216. The molecule has 1 heterocycles. The molecule has 0 radical (unpaired) electrons. The van der Waals surface area contributed by atoms with Crippen molar-refractivity contribution in [1.82, 2.24) is 0 Å². The molecular weight excluding hydrogens is 468 g/mol. The third kappa shape index (κ3) is 6.33. The van der Waals surface area contributed by atoms with Crippen molar-refractivity contribution in [3.8, 4) is 0 Å². The maximum Gasteiger partial charge on any atom is 0.338 e. The minimum atomic E-state index is -1.22. The topological polar surface area (TPSA) is 118 Å². The van der Waals surface area contributed by atoms with Crippen molar-refractivity contribution < 1.29 is 43.5 Å². The van der Waals surface area contributed by atoms with Gasteiger partial charge in [-0.05, 0) is 36.4 Å². The van der Waals surface area contributed by atoms with Crippen LogP contribution in [-0.2, 0) is 23.8 Å². The van der Waals surface area contributed by atoms with Crippen molar-refractivity contribution in [2.45, 2.75) is 31.0 Å². The van der Waals surface area contributed by atoms with Gasteiger partial charge in [0.15, 0.2) is 12.4 Å². The maximum absolute atomic E-state index is 12.9. The van der Waals surface area contributed by atoms with Gasteiger partial charge in [0.25, 0.3) is 0 Å². The van der Waals surface area contributed by atoms with Gasteiger partial charge in [-0.2, -0.15) is 0 Å². The zero-order chi connectivity index (χ0) is 25.3. The lowest BCUT2D eigenvalue weighted by atomic mass is 10.0. The highest BCUT2D eigenvalue weighted by molar-refractivity contribution is 5.90. The first kappa shape index (κ1) is 25.1. The zero-order valence-corrected chi connectivity index (χ0v) is 19.1. The van der Waals surface area contributed by atoms with Gasteiger partial charge in [-0.25, -0.2) is 24.5 Å². The molecule has 0 bridgehead atoms. The van der Waals surface area contributed by atoms with Gasteiger partial charge in [0.05, 0.1) is 16.7 Å². The van der Waals surface area contributed by atoms with Crippen LogP contribution in [0.3, 0.4) is 0 Å². The average Bonchev–Trinajstić information content (AvgIpc) is 2.94. The molecule has 1 fully saturated rings. The molecule has 0 aromatic heterocycles. The zero-order valence-electron chi connectivity index (χ0n) is 19.1. The molecule has 1 N–H and O–H groups in total. The molecule has 1 saturated heterocycles. The first-order valence-corrected chi connectivity index (χ1v) is 11.2. The Balaban J connectivity index is 1.56. The molecule has 0 saturated carbocycles. The lowest BCUT2D eigenvalue weighted by Crippen LogP contribution is -2.54. The number of carbonyl (C=O) groups excluding carboxylic acids is 3. The van der Waals surface area contributed by atoms with Crippen molar-refractivity contribution in [3.63, 3.8) is 0 Å². The first-order chi connectivity index (χ1) is 17.5. The minimum Gasteiger partial charge on any atom is -0.459 e. The second-order valence-electron chi connectivity index (χ2n) is 7.96. The van der Waals surface area contributed by atoms with Crippen LogP contribution in [0.5, 0.6) is 0 Å². The van der Waals surface area contributed by atoms with Crippen molar-refractivity contribution in [2.75, 3.05) is 6.61 Å². The van der Waals surface area contributed by atoms with E-state index in [0.29, 0.717) is 5.56 Å². The van der Waals surface area contributed by atoms with Crippen LogP contribution in [0.4, 0.5) is 0 Å². The van der Waals surface area contributed by atoms with Gasteiger partial charge in [0.2, 0.25) is 0 Å². The lowest BCUT2D eigenvalue weighted by molar-refractivity contribution is -0.379. The van der Waals surface area contributed by atoms with Crippen LogP contribution in [0.25, 0.3) is 0 Å². The predicted molar refractivity (Wildman–Crippen MR) is 125 cm³/mol. The summed E-state index contributed by atoms with van der Waals surface area (Å²) < 4.78 is 22.4. The Kier molecular flexibility index (Phi) is 8.40. The highest BCUT2D eigenvalue weighted by atomic mass is 17.1. The summed E-state index contributed by atoms with van der Waals surface area (Å²) >= 11 is 0. The fourth-order valence-electron chi connectivity index (χ4n) is 3.72. The van der Waals surface area contributed by atoms with Crippen molar-refractivity contribution in [3.05, 3.63) is 108 Å². The van der Waals surface area contributed by atoms with E-state index in [1.165, 1.54) is 0 Å². The van der Waals surface area contributed by atoms with Gasteiger partial charge in [-0.3, -0.25) is 0 Å². The largest absolute Gasteiger partial charge is 0.459 e. The monoisotopic (exact) mass is 492 g/mol. The Labute approximate surface area is 207 Å². The van der Waals surface area contributed by atoms with E-state index in [0.717, 1.165) is 0 Å². The van der Waals surface area contributed by atoms with E-state index in [4.69, 9.17) is 18.9 Å². The number of ether oxygens (including phenoxy) is 4. The molecule has 1 aliphatic heterocycles. The van der Waals surface area contributed by atoms with E-state index in [1.807, 2.05) is 0 Å². The van der Waals surface area contributed by atoms with Gasteiger partial charge in [0, 0.05) is 6.42 Å². The van der Waals surface area contributed by atoms with Gasteiger partial charge in [-0.1, -0.05) is 54.6 Å². The fraction of sp³-hybridized carbons (Fsp3) is 0.222. The molecule has 4 atom stereocenters. The number of hydrogen-bond donors (Lipinski definition) is 1. The normalized spacial score (nSPS) is 21.2. The van der Waals surface area contributed by atoms with E-state index >= 15 is 0 Å². The number of benzene rings is 3. The van der Waals surface area contributed by atoms with Gasteiger partial charge >= 0.3 is 17.9 Å². The fourth-order valence-corrected chi connectivity index (χ4v) is 3.72. The second-order valence-corrected chi connectivity index (χ2v) is 7.96. The van der Waals surface area contributed by atoms with Crippen LogP contribution in [-0.4, -0.2) is 54.4 Å². The Morgan fingerprint density at radius 2 is 1.19 bits per heavy atom. The van der Waals surface area contributed by atoms with Crippen LogP contribution < -0.4 is 0 Å². The third-order valence-electron chi connectivity index (χ3n) is 5.51. The number of rotatable bonds is 8. The molecule has 0 unspecified atom stereocenters. The maximum atomic E-state index is 12.9. The summed E-state index contributed by atoms with van der Waals surface area (Å²) in [6, 6.07) is 24.8. The van der Waals surface area contributed by atoms with Gasteiger partial charge in [0.1, 0.15) is 18.8 Å². The highest BCUT2D eigenvalue weighted by Gasteiger charge is 2.45. The molecule has 186 valence electrons. The first-order valence-electron chi connectivity index (χ1n) is 11.2. The van der Waals surface area contributed by atoms with E-state index in [9.17, 15) is 19.6 Å². The van der Waals surface area contributed by atoms with Crippen LogP contribution >= 0.6 is 0 Å². The molecule has 9 nitrogen and oxygen atoms in total. The Morgan fingerprint density at radius 1 is 0.722 bits per heavy atom. The Hall–Kier alpha value is -4.05. The number of hydrogen-bond acceptors (Lipinski definition) is 9. The van der Waals surface area contributed by atoms with E-state index < -0.39 is 42.5 Å². The highest BCUT2D eigenvalue weighted by Crippen LogP contribution is 2.28. The van der Waals surface area contributed by atoms with Crippen LogP contribution in [0, 0.1) is 0 Å². The lowest BCUT2D eigenvalue weighted by Gasteiger charge is -2.39. The minimum absolute atomic E-state index is 0.134. The Morgan fingerprint density at radius 3 is 1.69 bits per heavy atom. The summed E-state index contributed by atoms with van der Waals surface area (Å²) in [6.07, 6.45) is -4.70. The van der Waals surface area contributed by atoms with Crippen molar-refractivity contribution in [1.29, 1.82) is 0 Å². The molecule has 3 aromatic carbocycles. The molecule has 4 rings (SSSR count). The van der Waals surface area contributed by atoms with Crippen LogP contribution in [0.1, 0.15) is 37.5 Å². The summed E-state index contributed by atoms with van der Waals surface area (Å²) in [6.45, 7) is -0.361. The summed E-state index contributed by atoms with van der Waals surface area (Å²) in [7, 11) is 0. The molecule has 3 aromatic rings. The molecule has 1 aliphatic rings. The van der Waals surface area contributed by atoms with Gasteiger partial charge in [-0.15, -0.1) is 0 Å². The number of esters is 3. The molecule has 9 heteroatoms.